The molecule has 6 nitrogen and oxygen atoms in total. The number of pyridine rings is 1. The van der Waals surface area contributed by atoms with E-state index >= 15 is 0 Å². The normalized spacial score (nSPS) is 22.9. The van der Waals surface area contributed by atoms with Crippen LogP contribution in [0.1, 0.15) is 67.1 Å². The fourth-order valence-corrected chi connectivity index (χ4v) is 4.76. The number of aromatic nitrogens is 1. The Morgan fingerprint density at radius 3 is 2.69 bits per heavy atom. The zero-order valence-corrected chi connectivity index (χ0v) is 18.9. The number of benzene rings is 1. The highest BCUT2D eigenvalue weighted by Crippen LogP contribution is 2.43. The van der Waals surface area contributed by atoms with Gasteiger partial charge in [-0.05, 0) is 63.4 Å². The van der Waals surface area contributed by atoms with Crippen molar-refractivity contribution in [3.63, 3.8) is 0 Å². The first-order valence-corrected chi connectivity index (χ1v) is 11.3. The van der Waals surface area contributed by atoms with E-state index in [0.717, 1.165) is 17.5 Å². The average molecular weight is 443 g/mol. The van der Waals surface area contributed by atoms with Crippen LogP contribution >= 0.6 is 0 Å². The topological polar surface area (TPSA) is 71.9 Å². The Hall–Kier alpha value is -2.51. The number of ether oxygens (including phenoxy) is 2. The summed E-state index contributed by atoms with van der Waals surface area (Å²) >= 11 is 0. The molecular formula is C25H31FN2O4. The summed E-state index contributed by atoms with van der Waals surface area (Å²) in [5, 5.41) is 10.5. The summed E-state index contributed by atoms with van der Waals surface area (Å²) in [4.78, 5) is 18.8. The number of hydrogen-bond acceptors (Lipinski definition) is 5. The molecule has 2 aliphatic rings. The monoisotopic (exact) mass is 442 g/mol. The SMILES string of the molecule is Cc1cc(C(=O)N2CCC3(CC2)C[C@@H](O)C[C@@H](c2cncc(F)c2)O3)ccc1OC(C)C. The fourth-order valence-electron chi connectivity index (χ4n) is 4.76. The van der Waals surface area contributed by atoms with Crippen LogP contribution in [0, 0.1) is 12.7 Å². The number of carbonyl (C=O) groups excluding carboxylic acids is 1. The molecule has 2 aromatic rings. The van der Waals surface area contributed by atoms with Crippen LogP contribution in [-0.4, -0.2) is 51.8 Å². The maximum atomic E-state index is 13.6. The standard InChI is InChI=1S/C25H31FN2O4/c1-16(2)31-22-5-4-18(10-17(22)3)24(30)28-8-6-25(7-9-28)13-21(29)12-23(32-25)19-11-20(26)15-27-14-19/h4-5,10-11,14-16,21,23,29H,6-9,12-13H2,1-3H3/t21-,23-/m0/s1. The molecule has 172 valence electrons. The highest BCUT2D eigenvalue weighted by Gasteiger charge is 2.44. The van der Waals surface area contributed by atoms with E-state index in [9.17, 15) is 14.3 Å². The first kappa shape index (κ1) is 22.7. The molecule has 2 aliphatic heterocycles. The Balaban J connectivity index is 1.42. The van der Waals surface area contributed by atoms with Crippen LogP contribution in [-0.2, 0) is 4.74 Å². The zero-order chi connectivity index (χ0) is 22.9. The summed E-state index contributed by atoms with van der Waals surface area (Å²) in [6, 6.07) is 6.95. The Labute approximate surface area is 188 Å². The summed E-state index contributed by atoms with van der Waals surface area (Å²) in [6.45, 7) is 6.98. The lowest BCUT2D eigenvalue weighted by atomic mass is 9.81. The van der Waals surface area contributed by atoms with Crippen LogP contribution in [0.2, 0.25) is 0 Å². The number of halogens is 1. The lowest BCUT2D eigenvalue weighted by molar-refractivity contribution is -0.181. The van der Waals surface area contributed by atoms with E-state index in [4.69, 9.17) is 9.47 Å². The summed E-state index contributed by atoms with van der Waals surface area (Å²) in [5.74, 6) is 0.360. The van der Waals surface area contributed by atoms with Crippen molar-refractivity contribution in [2.75, 3.05) is 13.1 Å². The molecule has 1 aromatic heterocycles. The van der Waals surface area contributed by atoms with Crippen molar-refractivity contribution in [1.82, 2.24) is 9.88 Å². The van der Waals surface area contributed by atoms with Crippen LogP contribution in [0.15, 0.2) is 36.7 Å². The number of amides is 1. The number of likely N-dealkylation sites (tertiary alicyclic amines) is 1. The van der Waals surface area contributed by atoms with Gasteiger partial charge in [0.25, 0.3) is 5.91 Å². The summed E-state index contributed by atoms with van der Waals surface area (Å²) in [6.07, 6.45) is 4.08. The summed E-state index contributed by atoms with van der Waals surface area (Å²) in [5.41, 5.74) is 1.70. The number of aliphatic hydroxyl groups is 1. The third-order valence-corrected chi connectivity index (χ3v) is 6.33. The first-order chi connectivity index (χ1) is 15.2. The second-order valence-corrected chi connectivity index (χ2v) is 9.26. The molecule has 1 aromatic carbocycles. The molecule has 1 amide bonds. The van der Waals surface area contributed by atoms with E-state index < -0.39 is 23.6 Å². The molecule has 3 heterocycles. The molecule has 32 heavy (non-hydrogen) atoms. The Bertz CT molecular complexity index is 972. The second-order valence-electron chi connectivity index (χ2n) is 9.26. The van der Waals surface area contributed by atoms with Crippen molar-refractivity contribution in [2.45, 2.75) is 70.4 Å². The molecule has 2 saturated heterocycles. The Morgan fingerprint density at radius 2 is 2.03 bits per heavy atom. The predicted octanol–water partition coefficient (Wildman–Crippen LogP) is 4.20. The van der Waals surface area contributed by atoms with Gasteiger partial charge in [-0.15, -0.1) is 0 Å². The largest absolute Gasteiger partial charge is 0.491 e. The quantitative estimate of drug-likeness (QED) is 0.768. The third kappa shape index (κ3) is 4.94. The minimum Gasteiger partial charge on any atom is -0.491 e. The summed E-state index contributed by atoms with van der Waals surface area (Å²) in [7, 11) is 0. The van der Waals surface area contributed by atoms with E-state index in [1.807, 2.05) is 43.9 Å². The van der Waals surface area contributed by atoms with Gasteiger partial charge in [-0.2, -0.15) is 0 Å². The van der Waals surface area contributed by atoms with Gasteiger partial charge in [-0.1, -0.05) is 0 Å². The second kappa shape index (κ2) is 9.16. The maximum Gasteiger partial charge on any atom is 0.253 e. The van der Waals surface area contributed by atoms with Crippen molar-refractivity contribution in [3.8, 4) is 5.75 Å². The van der Waals surface area contributed by atoms with Gasteiger partial charge in [-0.25, -0.2) is 4.39 Å². The van der Waals surface area contributed by atoms with E-state index in [1.54, 1.807) is 6.20 Å². The first-order valence-electron chi connectivity index (χ1n) is 11.3. The van der Waals surface area contributed by atoms with Gasteiger partial charge in [0.1, 0.15) is 11.6 Å². The molecule has 2 fully saturated rings. The highest BCUT2D eigenvalue weighted by atomic mass is 19.1. The van der Waals surface area contributed by atoms with Gasteiger partial charge >= 0.3 is 0 Å². The minimum atomic E-state index is -0.532. The molecule has 4 rings (SSSR count). The van der Waals surface area contributed by atoms with E-state index in [0.29, 0.717) is 49.9 Å². The van der Waals surface area contributed by atoms with Crippen LogP contribution in [0.4, 0.5) is 4.39 Å². The van der Waals surface area contributed by atoms with Crippen molar-refractivity contribution >= 4 is 5.91 Å². The lowest BCUT2D eigenvalue weighted by Gasteiger charge is -2.48. The van der Waals surface area contributed by atoms with Crippen molar-refractivity contribution in [1.29, 1.82) is 0 Å². The number of piperidine rings is 1. The Morgan fingerprint density at radius 1 is 1.28 bits per heavy atom. The predicted molar refractivity (Wildman–Crippen MR) is 118 cm³/mol. The van der Waals surface area contributed by atoms with Crippen LogP contribution in [0.25, 0.3) is 0 Å². The number of aryl methyl sites for hydroxylation is 1. The van der Waals surface area contributed by atoms with Crippen molar-refractivity contribution in [3.05, 3.63) is 59.2 Å². The number of carbonyl (C=O) groups is 1. The molecule has 0 unspecified atom stereocenters. The molecule has 7 heteroatoms. The molecular weight excluding hydrogens is 411 g/mol. The van der Waals surface area contributed by atoms with Gasteiger partial charge < -0.3 is 19.5 Å². The minimum absolute atomic E-state index is 0.0127. The number of rotatable bonds is 4. The fraction of sp³-hybridized carbons (Fsp3) is 0.520. The number of aliphatic hydroxyl groups excluding tert-OH is 1. The summed E-state index contributed by atoms with van der Waals surface area (Å²) < 4.78 is 25.8. The van der Waals surface area contributed by atoms with E-state index in [2.05, 4.69) is 4.98 Å². The number of hydrogen-bond donors (Lipinski definition) is 1. The van der Waals surface area contributed by atoms with Crippen molar-refractivity contribution < 1.29 is 23.8 Å². The van der Waals surface area contributed by atoms with E-state index in [1.165, 1.54) is 6.07 Å². The lowest BCUT2D eigenvalue weighted by Crippen LogP contribution is -2.52. The highest BCUT2D eigenvalue weighted by molar-refractivity contribution is 5.94. The molecule has 1 spiro atoms. The van der Waals surface area contributed by atoms with Crippen LogP contribution in [0.3, 0.4) is 0 Å². The van der Waals surface area contributed by atoms with Gasteiger partial charge in [0.2, 0.25) is 0 Å². The molecule has 0 aliphatic carbocycles. The Kier molecular flexibility index (Phi) is 6.49. The molecule has 0 saturated carbocycles. The van der Waals surface area contributed by atoms with Gasteiger partial charge in [0.15, 0.2) is 0 Å². The average Bonchev–Trinajstić information content (AvgIpc) is 2.74. The van der Waals surface area contributed by atoms with Crippen molar-refractivity contribution in [2.24, 2.45) is 0 Å². The maximum absolute atomic E-state index is 13.6. The molecule has 0 radical (unpaired) electrons. The smallest absolute Gasteiger partial charge is 0.253 e. The van der Waals surface area contributed by atoms with Crippen LogP contribution < -0.4 is 4.74 Å². The zero-order valence-electron chi connectivity index (χ0n) is 18.9. The van der Waals surface area contributed by atoms with Crippen LogP contribution in [0.5, 0.6) is 5.75 Å². The molecule has 1 N–H and O–H groups in total. The van der Waals surface area contributed by atoms with Gasteiger partial charge in [-0.3, -0.25) is 9.78 Å². The third-order valence-electron chi connectivity index (χ3n) is 6.33. The van der Waals surface area contributed by atoms with Gasteiger partial charge in [0, 0.05) is 43.3 Å². The van der Waals surface area contributed by atoms with Gasteiger partial charge in [0.05, 0.1) is 30.1 Å². The number of nitrogens with zero attached hydrogens (tertiary/aromatic N) is 2. The molecule has 0 bridgehead atoms. The molecule has 2 atom stereocenters. The van der Waals surface area contributed by atoms with E-state index in [-0.39, 0.29) is 12.0 Å².